The van der Waals surface area contributed by atoms with Crippen LogP contribution in [0.15, 0.2) is 21.9 Å². The van der Waals surface area contributed by atoms with Crippen molar-refractivity contribution in [2.45, 2.75) is 12.3 Å². The molecule has 1 fully saturated rings. The fourth-order valence-electron chi connectivity index (χ4n) is 1.77. The molecule has 125 valence electrons. The van der Waals surface area contributed by atoms with E-state index in [2.05, 4.69) is 26.0 Å². The Balaban J connectivity index is 2.09. The van der Waals surface area contributed by atoms with Gasteiger partial charge in [-0.05, 0) is 4.62 Å². The molecular weight excluding hydrogens is 335 g/mol. The summed E-state index contributed by atoms with van der Waals surface area (Å²) in [5.41, 5.74) is 2.04. The number of quaternary nitrogens is 1. The second kappa shape index (κ2) is 7.57. The number of nitrogens with zero attached hydrogens (tertiary/aromatic N) is 4. The largest absolute Gasteiger partial charge is 0.601 e. The van der Waals surface area contributed by atoms with Crippen molar-refractivity contribution in [1.82, 2.24) is 15.0 Å². The molecule has 0 amide bonds. The molecule has 2 rings (SSSR count). The number of rotatable bonds is 6. The van der Waals surface area contributed by atoms with Gasteiger partial charge in [0.25, 0.3) is 11.0 Å². The summed E-state index contributed by atoms with van der Waals surface area (Å²) in [6, 6.07) is 1.12. The lowest BCUT2D eigenvalue weighted by Gasteiger charge is -2.30. The molecule has 0 unspecified atom stereocenters. The molecule has 1 aliphatic rings. The number of nitrogens with one attached hydrogen (secondary N) is 1. The van der Waals surface area contributed by atoms with E-state index in [0.717, 1.165) is 10.6 Å². The summed E-state index contributed by atoms with van der Waals surface area (Å²) in [5, 5.41) is 11.0. The van der Waals surface area contributed by atoms with Gasteiger partial charge in [-0.15, -0.1) is 0 Å². The van der Waals surface area contributed by atoms with Crippen LogP contribution < -0.4 is 27.5 Å². The van der Waals surface area contributed by atoms with Gasteiger partial charge in [-0.2, -0.15) is 14.9 Å². The minimum absolute atomic E-state index is 0.141. The van der Waals surface area contributed by atoms with Crippen molar-refractivity contribution < 1.29 is 29.2 Å². The molecule has 0 spiro atoms. The molecule has 1 atom stereocenters. The molecule has 0 aliphatic carbocycles. The third-order valence-electron chi connectivity index (χ3n) is 2.81. The summed E-state index contributed by atoms with van der Waals surface area (Å²) in [4.78, 5) is 36.6. The van der Waals surface area contributed by atoms with E-state index in [-0.39, 0.29) is 19.8 Å². The average molecular weight is 349 g/mol. The van der Waals surface area contributed by atoms with Gasteiger partial charge in [-0.3, -0.25) is 14.3 Å². The number of H-pyrrole nitrogens is 1. The molecule has 1 saturated heterocycles. The maximum atomic E-state index is 11.8. The van der Waals surface area contributed by atoms with Crippen LogP contribution in [-0.4, -0.2) is 35.4 Å². The molecule has 1 aromatic rings. The normalized spacial score (nSPS) is 25.5. The summed E-state index contributed by atoms with van der Waals surface area (Å²) in [6.07, 6.45) is -0.511. The van der Waals surface area contributed by atoms with Crippen LogP contribution in [0.4, 0.5) is 0 Å². The zero-order chi connectivity index (χ0) is 16.9. The lowest BCUT2D eigenvalue weighted by molar-refractivity contribution is -0.656. The molecule has 4 N–H and O–H groups in total. The van der Waals surface area contributed by atoms with Crippen molar-refractivity contribution in [1.29, 1.82) is 5.39 Å². The number of ether oxygens (including phenoxy) is 1. The number of phosphoric acid groups is 1. The second-order valence-electron chi connectivity index (χ2n) is 4.31. The Morgan fingerprint density at radius 3 is 2.87 bits per heavy atom. The van der Waals surface area contributed by atoms with Gasteiger partial charge >= 0.3 is 18.9 Å². The molecule has 0 saturated carbocycles. The van der Waals surface area contributed by atoms with E-state index in [1.807, 2.05) is 0 Å². The van der Waals surface area contributed by atoms with Crippen molar-refractivity contribution >= 4 is 8.17 Å². The van der Waals surface area contributed by atoms with E-state index in [9.17, 15) is 14.5 Å². The molecule has 1 aliphatic heterocycles. The van der Waals surface area contributed by atoms with Crippen LogP contribution in [0.1, 0.15) is 6.23 Å². The summed E-state index contributed by atoms with van der Waals surface area (Å²) >= 11 is 0. The van der Waals surface area contributed by atoms with Gasteiger partial charge in [0, 0.05) is 12.3 Å². The fraction of sp³-hybridized carbons (Fsp3) is 0.556. The Hall–Kier alpha value is -1.91. The van der Waals surface area contributed by atoms with E-state index in [1.165, 1.54) is 6.20 Å². The Labute approximate surface area is 129 Å². The zero-order valence-corrected chi connectivity index (χ0v) is 12.6. The maximum Gasteiger partial charge on any atom is 0.449 e. The minimum atomic E-state index is -3.67. The number of aromatic nitrogens is 2. The quantitative estimate of drug-likeness (QED) is 0.310. The van der Waals surface area contributed by atoms with Gasteiger partial charge in [0.1, 0.15) is 24.7 Å². The number of aromatic amines is 1. The van der Waals surface area contributed by atoms with Gasteiger partial charge in [0.2, 0.25) is 0 Å². The van der Waals surface area contributed by atoms with Gasteiger partial charge in [-0.25, -0.2) is 4.79 Å². The summed E-state index contributed by atoms with van der Waals surface area (Å²) in [7, 11) is -3.67. The predicted molar refractivity (Wildman–Crippen MR) is 70.1 cm³/mol. The molecule has 0 aromatic carbocycles. The predicted octanol–water partition coefficient (Wildman–Crippen LogP) is -2.95. The first-order valence-corrected chi connectivity index (χ1v) is 7.74. The number of diazo groups is 1. The Kier molecular flexibility index (Phi) is 5.74. The van der Waals surface area contributed by atoms with E-state index >= 15 is 0 Å². The highest BCUT2D eigenvalue weighted by atomic mass is 31.2. The Bertz CT molecular complexity index is 678. The van der Waals surface area contributed by atoms with Crippen molar-refractivity contribution in [3.05, 3.63) is 38.2 Å². The standard InChI is InChI=1S/C9H13N6O7P/c10-14-12-3-8(15-2-1-7(16)13-9(15)17)21-6-4-19-23(18,22-11)20-5-6/h1-2,6,8H,3-5H2,11H3/q+1/p+1/t6?,8-,23?/m1/s1. The minimum Gasteiger partial charge on any atom is -0.601 e. The number of hydrogen-bond acceptors (Lipinski definition) is 8. The van der Waals surface area contributed by atoms with E-state index < -0.39 is 31.8 Å². The van der Waals surface area contributed by atoms with Crippen molar-refractivity contribution in [2.75, 3.05) is 19.8 Å². The molecule has 23 heavy (non-hydrogen) atoms. The molecule has 1 aromatic heterocycles. The van der Waals surface area contributed by atoms with Crippen LogP contribution in [0.5, 0.6) is 0 Å². The fourth-order valence-corrected chi connectivity index (χ4v) is 2.69. The van der Waals surface area contributed by atoms with Gasteiger partial charge in [0.05, 0.1) is 0 Å². The van der Waals surface area contributed by atoms with E-state index in [1.54, 1.807) is 0 Å². The topological polar surface area (TPSA) is 185 Å². The molecule has 2 heterocycles. The Morgan fingerprint density at radius 2 is 2.30 bits per heavy atom. The zero-order valence-electron chi connectivity index (χ0n) is 11.7. The highest BCUT2D eigenvalue weighted by molar-refractivity contribution is 7.53. The Morgan fingerprint density at radius 1 is 1.61 bits per heavy atom. The first-order valence-electron chi connectivity index (χ1n) is 6.28. The molecule has 13 nitrogen and oxygen atoms in total. The van der Waals surface area contributed by atoms with Gasteiger partial charge < -0.3 is 9.63 Å². The highest BCUT2D eigenvalue weighted by Crippen LogP contribution is 2.53. The summed E-state index contributed by atoms with van der Waals surface area (Å²) in [5.74, 6) is 2.99. The van der Waals surface area contributed by atoms with Crippen molar-refractivity contribution in [3.63, 3.8) is 0 Å². The lowest BCUT2D eigenvalue weighted by atomic mass is 10.4. The monoisotopic (exact) mass is 349 g/mol. The maximum absolute atomic E-state index is 11.8. The number of phosphoric ester groups is 1. The number of hydrogen-bond donors (Lipinski definition) is 2. The van der Waals surface area contributed by atoms with Gasteiger partial charge in [-0.1, -0.05) is 0 Å². The van der Waals surface area contributed by atoms with E-state index in [0.29, 0.717) is 0 Å². The molecular formula is C9H14N6O7P+2. The third kappa shape index (κ3) is 4.53. The van der Waals surface area contributed by atoms with Crippen LogP contribution >= 0.6 is 8.17 Å². The molecule has 14 heteroatoms. The van der Waals surface area contributed by atoms with Crippen molar-refractivity contribution in [3.8, 4) is 0 Å². The first kappa shape index (κ1) is 17.4. The lowest BCUT2D eigenvalue weighted by Crippen LogP contribution is -2.53. The van der Waals surface area contributed by atoms with Crippen molar-refractivity contribution in [2.24, 2.45) is 0 Å². The van der Waals surface area contributed by atoms with E-state index in [4.69, 9.17) is 19.2 Å². The first-order chi connectivity index (χ1) is 11.0. The second-order valence-corrected chi connectivity index (χ2v) is 5.98. The third-order valence-corrected chi connectivity index (χ3v) is 4.05. The van der Waals surface area contributed by atoms with Crippen LogP contribution in [0.3, 0.4) is 0 Å². The van der Waals surface area contributed by atoms with Crippen LogP contribution in [0.2, 0.25) is 0 Å². The average Bonchev–Trinajstić information content (AvgIpc) is 2.54. The SMILES string of the molecule is N#[N+][N]C[C@@H](OC1CO[P+]([O-])(O[NH3+])OC1)n1ccc(=O)[nH]c1=O. The van der Waals surface area contributed by atoms with Crippen LogP contribution in [0.25, 0.3) is 5.08 Å². The molecule has 0 bridgehead atoms. The van der Waals surface area contributed by atoms with Crippen LogP contribution in [-0.2, 0) is 18.4 Å². The summed E-state index contributed by atoms with van der Waals surface area (Å²) < 4.78 is 20.8. The highest BCUT2D eigenvalue weighted by Gasteiger charge is 2.43. The molecule has 1 radical (unpaired) electrons. The summed E-state index contributed by atoms with van der Waals surface area (Å²) in [6.45, 7) is -0.502. The smallest absolute Gasteiger partial charge is 0.449 e. The van der Waals surface area contributed by atoms with Gasteiger partial charge in [0.15, 0.2) is 12.8 Å². The van der Waals surface area contributed by atoms with Crippen LogP contribution in [0, 0.1) is 5.39 Å².